The van der Waals surface area contributed by atoms with Crippen molar-refractivity contribution in [1.82, 2.24) is 4.90 Å². The Morgan fingerprint density at radius 2 is 2.33 bits per heavy atom. The molecule has 0 aliphatic carbocycles. The van der Waals surface area contributed by atoms with Gasteiger partial charge in [-0.1, -0.05) is 0 Å². The highest BCUT2D eigenvalue weighted by Crippen LogP contribution is 2.16. The summed E-state index contributed by atoms with van der Waals surface area (Å²) in [4.78, 5) is 24.8. The van der Waals surface area contributed by atoms with Crippen molar-refractivity contribution >= 4 is 18.1 Å². The third-order valence-corrected chi connectivity index (χ3v) is 1.78. The van der Waals surface area contributed by atoms with Crippen LogP contribution in [0.5, 0.6) is 0 Å². The van der Waals surface area contributed by atoms with Gasteiger partial charge in [0.25, 0.3) is 5.78 Å². The Morgan fingerprint density at radius 3 is 2.67 bits per heavy atom. The number of ketones is 1. The van der Waals surface area contributed by atoms with Crippen molar-refractivity contribution in [3.63, 3.8) is 0 Å². The quantitative estimate of drug-likeness (QED) is 0.346. The molecule has 1 aliphatic heterocycles. The maximum Gasteiger partial charge on any atom is 0.407 e. The zero-order valence-corrected chi connectivity index (χ0v) is 6.17. The Kier molecular flexibility index (Phi) is 2.21. The molecule has 1 saturated heterocycles. The van der Waals surface area contributed by atoms with Crippen LogP contribution in [-0.4, -0.2) is 45.5 Å². The minimum absolute atomic E-state index is 0.366. The van der Waals surface area contributed by atoms with Crippen molar-refractivity contribution < 1.29 is 19.5 Å². The largest absolute Gasteiger partial charge is 0.465 e. The maximum atomic E-state index is 10.9. The first-order valence-corrected chi connectivity index (χ1v) is 3.37. The van der Waals surface area contributed by atoms with E-state index < -0.39 is 17.9 Å². The van der Waals surface area contributed by atoms with Crippen LogP contribution in [0, 0.1) is 0 Å². The number of likely N-dealkylation sites (tertiary alicyclic amines) is 1. The molecule has 1 fully saturated rings. The highest BCUT2D eigenvalue weighted by Gasteiger charge is 2.38. The second-order valence-electron chi connectivity index (χ2n) is 2.43. The third kappa shape index (κ3) is 1.33. The van der Waals surface area contributed by atoms with Gasteiger partial charge in [0, 0.05) is 6.54 Å². The molecule has 0 radical (unpaired) electrons. The summed E-state index contributed by atoms with van der Waals surface area (Å²) in [6, 6.07) is -0.654. The van der Waals surface area contributed by atoms with E-state index in [1.807, 2.05) is 0 Å². The number of Topliss-reactive ketones (excluding diaryl/α,β-unsaturated/α-hetero) is 1. The summed E-state index contributed by atoms with van der Waals surface area (Å²) in [5.41, 5.74) is 8.01. The molecule has 6 nitrogen and oxygen atoms in total. The number of carboxylic acid groups (broad SMARTS) is 1. The predicted molar refractivity (Wildman–Crippen MR) is 37.8 cm³/mol. The number of carbonyl (C=O) groups excluding carboxylic acids is 1. The first-order chi connectivity index (χ1) is 5.66. The van der Waals surface area contributed by atoms with Gasteiger partial charge in [0.15, 0.2) is 0 Å². The lowest BCUT2D eigenvalue weighted by molar-refractivity contribution is -0.123. The van der Waals surface area contributed by atoms with Gasteiger partial charge in [-0.3, -0.25) is 9.69 Å². The van der Waals surface area contributed by atoms with E-state index in [9.17, 15) is 9.59 Å². The van der Waals surface area contributed by atoms with Crippen molar-refractivity contribution in [1.29, 1.82) is 0 Å². The van der Waals surface area contributed by atoms with Crippen LogP contribution in [0.1, 0.15) is 6.42 Å². The molecular weight excluding hydrogens is 162 g/mol. The van der Waals surface area contributed by atoms with Gasteiger partial charge < -0.3 is 10.6 Å². The minimum atomic E-state index is -1.12. The van der Waals surface area contributed by atoms with Crippen LogP contribution in [0.3, 0.4) is 0 Å². The van der Waals surface area contributed by atoms with E-state index in [0.717, 1.165) is 11.1 Å². The van der Waals surface area contributed by atoms with Gasteiger partial charge in [0.2, 0.25) is 0 Å². The van der Waals surface area contributed by atoms with Gasteiger partial charge in [-0.15, -0.1) is 0 Å². The van der Waals surface area contributed by atoms with E-state index in [1.54, 1.807) is 0 Å². The monoisotopic (exact) mass is 169 g/mol. The average molecular weight is 169 g/mol. The summed E-state index contributed by atoms with van der Waals surface area (Å²) in [6.45, 7) is 0.366. The third-order valence-electron chi connectivity index (χ3n) is 1.78. The summed E-state index contributed by atoms with van der Waals surface area (Å²) >= 11 is 0. The highest BCUT2D eigenvalue weighted by molar-refractivity contribution is 6.28. The molecule has 0 aromatic heterocycles. The molecule has 0 aromatic rings. The van der Waals surface area contributed by atoms with Gasteiger partial charge in [-0.2, -0.15) is 4.79 Å². The zero-order valence-electron chi connectivity index (χ0n) is 6.17. The lowest BCUT2D eigenvalue weighted by Gasteiger charge is -2.35. The second kappa shape index (κ2) is 3.15. The van der Waals surface area contributed by atoms with E-state index in [1.165, 1.54) is 0 Å². The summed E-state index contributed by atoms with van der Waals surface area (Å²) in [6.07, 6.45) is 0.0997. The molecule has 0 saturated carbocycles. The van der Waals surface area contributed by atoms with Crippen LogP contribution in [0.4, 0.5) is 4.79 Å². The minimum Gasteiger partial charge on any atom is -0.465 e. The first-order valence-electron chi connectivity index (χ1n) is 3.37. The van der Waals surface area contributed by atoms with E-state index >= 15 is 0 Å². The molecule has 0 unspecified atom stereocenters. The van der Waals surface area contributed by atoms with Gasteiger partial charge in [0.1, 0.15) is 6.04 Å². The Morgan fingerprint density at radius 1 is 1.67 bits per heavy atom. The lowest BCUT2D eigenvalue weighted by Crippen LogP contribution is -2.55. The Labute approximate surface area is 68.0 Å². The van der Waals surface area contributed by atoms with Crippen LogP contribution in [0.2, 0.25) is 0 Å². The van der Waals surface area contributed by atoms with Crippen molar-refractivity contribution in [2.24, 2.45) is 0 Å². The standard InChI is InChI=1S/C6H7N3O3/c7-8-3-5(10)4-1-2-9(4)6(11)12/h3-4H,1-2H2,(H,11,12)/t4-/m0/s1. The van der Waals surface area contributed by atoms with Crippen molar-refractivity contribution in [3.8, 4) is 0 Å². The number of amides is 1. The van der Waals surface area contributed by atoms with Gasteiger partial charge in [-0.25, -0.2) is 4.79 Å². The first kappa shape index (κ1) is 8.42. The second-order valence-corrected chi connectivity index (χ2v) is 2.43. The SMILES string of the molecule is [N-]=[N+]=CC(=O)[C@@H]1CCN1C(=O)O. The van der Waals surface area contributed by atoms with Crippen molar-refractivity contribution in [3.05, 3.63) is 5.53 Å². The van der Waals surface area contributed by atoms with E-state index in [2.05, 4.69) is 4.79 Å². The fourth-order valence-corrected chi connectivity index (χ4v) is 1.06. The topological polar surface area (TPSA) is 94.0 Å². The lowest BCUT2D eigenvalue weighted by atomic mass is 10.0. The molecule has 1 aliphatic rings. The van der Waals surface area contributed by atoms with E-state index in [-0.39, 0.29) is 0 Å². The maximum absolute atomic E-state index is 10.9. The van der Waals surface area contributed by atoms with Crippen LogP contribution >= 0.6 is 0 Å². The normalized spacial score (nSPS) is 20.7. The number of hydrogen-bond donors (Lipinski definition) is 1. The summed E-state index contributed by atoms with van der Waals surface area (Å²) in [7, 11) is 0. The number of rotatable bonds is 2. The van der Waals surface area contributed by atoms with Crippen LogP contribution in [0.15, 0.2) is 0 Å². The highest BCUT2D eigenvalue weighted by atomic mass is 16.4. The molecule has 1 amide bonds. The molecular formula is C6H7N3O3. The van der Waals surface area contributed by atoms with E-state index in [0.29, 0.717) is 13.0 Å². The molecule has 64 valence electrons. The zero-order chi connectivity index (χ0) is 9.14. The van der Waals surface area contributed by atoms with Crippen molar-refractivity contribution in [2.45, 2.75) is 12.5 Å². The molecule has 1 N–H and O–H groups in total. The van der Waals surface area contributed by atoms with Gasteiger partial charge in [-0.05, 0) is 6.42 Å². The van der Waals surface area contributed by atoms with Crippen LogP contribution < -0.4 is 0 Å². The fraction of sp³-hybridized carbons (Fsp3) is 0.500. The Hall–Kier alpha value is -1.68. The van der Waals surface area contributed by atoms with E-state index in [4.69, 9.17) is 10.6 Å². The molecule has 12 heavy (non-hydrogen) atoms. The Balaban J connectivity index is 2.60. The summed E-state index contributed by atoms with van der Waals surface area (Å²) in [5.74, 6) is -0.480. The molecule has 0 spiro atoms. The molecule has 0 aromatic carbocycles. The molecule has 1 atom stereocenters. The summed E-state index contributed by atoms with van der Waals surface area (Å²) < 4.78 is 0. The smallest absolute Gasteiger partial charge is 0.407 e. The molecule has 1 heterocycles. The molecule has 1 rings (SSSR count). The van der Waals surface area contributed by atoms with Crippen molar-refractivity contribution in [2.75, 3.05) is 6.54 Å². The predicted octanol–water partition coefficient (Wildman–Crippen LogP) is -0.392. The average Bonchev–Trinajstić information content (AvgIpc) is 1.82. The number of carbonyl (C=O) groups is 2. The fourth-order valence-electron chi connectivity index (χ4n) is 1.06. The number of hydrogen-bond acceptors (Lipinski definition) is 2. The molecule has 6 heteroatoms. The Bertz CT molecular complexity index is 269. The molecule has 0 bridgehead atoms. The number of nitrogens with zero attached hydrogens (tertiary/aromatic N) is 3. The van der Waals surface area contributed by atoms with Gasteiger partial charge >= 0.3 is 12.3 Å². The van der Waals surface area contributed by atoms with Crippen LogP contribution in [0.25, 0.3) is 5.53 Å². The van der Waals surface area contributed by atoms with Gasteiger partial charge in [0.05, 0.1) is 0 Å². The summed E-state index contributed by atoms with van der Waals surface area (Å²) in [5, 5.41) is 8.49. The van der Waals surface area contributed by atoms with Crippen LogP contribution in [-0.2, 0) is 4.79 Å².